The fourth-order valence-corrected chi connectivity index (χ4v) is 2.48. The molecule has 0 aliphatic heterocycles. The van der Waals surface area contributed by atoms with Crippen molar-refractivity contribution in [2.75, 3.05) is 19.5 Å². The predicted octanol–water partition coefficient (Wildman–Crippen LogP) is 3.24. The molecule has 116 valence electrons. The minimum Gasteiger partial charge on any atom is -0.497 e. The van der Waals surface area contributed by atoms with Crippen molar-refractivity contribution in [3.63, 3.8) is 0 Å². The highest BCUT2D eigenvalue weighted by Crippen LogP contribution is 2.28. The van der Waals surface area contributed by atoms with Crippen molar-refractivity contribution in [2.24, 2.45) is 5.10 Å². The van der Waals surface area contributed by atoms with Crippen molar-refractivity contribution < 1.29 is 14.3 Å². The van der Waals surface area contributed by atoms with E-state index in [2.05, 4.69) is 25.6 Å². The van der Waals surface area contributed by atoms with E-state index in [0.29, 0.717) is 10.0 Å². The number of thiazole rings is 1. The Hall–Kier alpha value is -2.32. The zero-order valence-electron chi connectivity index (χ0n) is 11.8. The highest BCUT2D eigenvalue weighted by molar-refractivity contribution is 7.17. The summed E-state index contributed by atoms with van der Waals surface area (Å²) in [7, 11) is 2.86. The van der Waals surface area contributed by atoms with Gasteiger partial charge in [-0.05, 0) is 24.3 Å². The van der Waals surface area contributed by atoms with Crippen LogP contribution in [-0.2, 0) is 4.74 Å². The molecule has 0 radical (unpaired) electrons. The number of rotatable bonds is 5. The molecule has 0 fully saturated rings. The second-order valence-electron chi connectivity index (χ2n) is 3.89. The summed E-state index contributed by atoms with van der Waals surface area (Å²) in [4.78, 5) is 15.6. The van der Waals surface area contributed by atoms with Gasteiger partial charge in [0.15, 0.2) is 10.3 Å². The highest BCUT2D eigenvalue weighted by atomic mass is 35.5. The van der Waals surface area contributed by atoms with Gasteiger partial charge in [0.1, 0.15) is 5.75 Å². The molecular weight excluding hydrogens is 328 g/mol. The fraction of sp³-hybridized carbons (Fsp3) is 0.154. The van der Waals surface area contributed by atoms with Gasteiger partial charge in [-0.1, -0.05) is 22.9 Å². The Morgan fingerprint density at radius 2 is 2.09 bits per heavy atom. The van der Waals surface area contributed by atoms with Crippen LogP contribution in [0.2, 0.25) is 5.15 Å². The quantitative estimate of drug-likeness (QED) is 0.644. The van der Waals surface area contributed by atoms with E-state index in [1.54, 1.807) is 7.11 Å². The predicted molar refractivity (Wildman–Crippen MR) is 86.5 cm³/mol. The van der Waals surface area contributed by atoms with E-state index < -0.39 is 6.09 Å². The lowest BCUT2D eigenvalue weighted by Crippen LogP contribution is -2.16. The molecule has 2 N–H and O–H groups in total. The number of carbonyl (C=O) groups is 1. The SMILES string of the molecule is COC(=O)N/N=C/c1sc(Nc2ccc(OC)cc2)nc1Cl. The minimum atomic E-state index is -0.659. The lowest BCUT2D eigenvalue weighted by Gasteiger charge is -2.03. The smallest absolute Gasteiger partial charge is 0.427 e. The standard InChI is InChI=1S/C13H13ClN4O3S/c1-20-9-5-3-8(4-6-9)16-12-17-11(14)10(22-12)7-15-18-13(19)21-2/h3-7H,1-2H3,(H,16,17)(H,18,19)/b15-7+. The summed E-state index contributed by atoms with van der Waals surface area (Å²) in [5.41, 5.74) is 3.02. The number of hydrogen-bond donors (Lipinski definition) is 2. The molecule has 0 saturated heterocycles. The van der Waals surface area contributed by atoms with Gasteiger partial charge in [-0.25, -0.2) is 15.2 Å². The van der Waals surface area contributed by atoms with Crippen molar-refractivity contribution in [3.8, 4) is 5.75 Å². The van der Waals surface area contributed by atoms with Gasteiger partial charge in [0, 0.05) is 5.69 Å². The average molecular weight is 341 g/mol. The molecule has 2 rings (SSSR count). The normalized spacial score (nSPS) is 10.5. The molecule has 0 bridgehead atoms. The molecule has 0 aliphatic carbocycles. The maximum atomic E-state index is 10.9. The number of carbonyl (C=O) groups excluding carboxylic acids is 1. The van der Waals surface area contributed by atoms with E-state index in [9.17, 15) is 4.79 Å². The van der Waals surface area contributed by atoms with Gasteiger partial charge >= 0.3 is 6.09 Å². The summed E-state index contributed by atoms with van der Waals surface area (Å²) < 4.78 is 9.48. The number of hydrogen-bond acceptors (Lipinski definition) is 7. The first-order valence-corrected chi connectivity index (χ1v) is 7.26. The molecule has 1 aromatic heterocycles. The van der Waals surface area contributed by atoms with Gasteiger partial charge in [0.25, 0.3) is 0 Å². The Labute approximate surface area is 135 Å². The zero-order valence-corrected chi connectivity index (χ0v) is 13.4. The third-order valence-electron chi connectivity index (χ3n) is 2.47. The first-order valence-electron chi connectivity index (χ1n) is 6.07. The molecule has 1 aromatic carbocycles. The molecule has 0 atom stereocenters. The molecule has 2 aromatic rings. The molecule has 1 amide bonds. The van der Waals surface area contributed by atoms with E-state index in [1.165, 1.54) is 24.7 Å². The van der Waals surface area contributed by atoms with Crippen molar-refractivity contribution in [1.29, 1.82) is 0 Å². The van der Waals surface area contributed by atoms with Crippen molar-refractivity contribution in [3.05, 3.63) is 34.3 Å². The largest absolute Gasteiger partial charge is 0.497 e. The second kappa shape index (κ2) is 7.62. The van der Waals surface area contributed by atoms with Crippen LogP contribution in [0.3, 0.4) is 0 Å². The third kappa shape index (κ3) is 4.34. The number of hydrazone groups is 1. The van der Waals surface area contributed by atoms with E-state index in [0.717, 1.165) is 11.4 Å². The number of nitrogens with zero attached hydrogens (tertiary/aromatic N) is 2. The summed E-state index contributed by atoms with van der Waals surface area (Å²) in [6, 6.07) is 7.39. The Morgan fingerprint density at radius 3 is 2.73 bits per heavy atom. The molecule has 0 saturated carbocycles. The molecule has 9 heteroatoms. The summed E-state index contributed by atoms with van der Waals surface area (Å²) >= 11 is 7.31. The van der Waals surface area contributed by atoms with Crippen LogP contribution in [0.15, 0.2) is 29.4 Å². The van der Waals surface area contributed by atoms with E-state index in [4.69, 9.17) is 16.3 Å². The molecule has 7 nitrogen and oxygen atoms in total. The van der Waals surface area contributed by atoms with Crippen molar-refractivity contribution in [1.82, 2.24) is 10.4 Å². The van der Waals surface area contributed by atoms with Crippen LogP contribution < -0.4 is 15.5 Å². The van der Waals surface area contributed by atoms with Gasteiger partial charge in [-0.2, -0.15) is 5.10 Å². The Balaban J connectivity index is 2.03. The molecule has 1 heterocycles. The summed E-state index contributed by atoms with van der Waals surface area (Å²) in [6.45, 7) is 0. The van der Waals surface area contributed by atoms with Crippen LogP contribution in [0.25, 0.3) is 0 Å². The Kier molecular flexibility index (Phi) is 5.56. The maximum Gasteiger partial charge on any atom is 0.427 e. The van der Waals surface area contributed by atoms with Gasteiger partial charge < -0.3 is 14.8 Å². The van der Waals surface area contributed by atoms with E-state index >= 15 is 0 Å². The maximum absolute atomic E-state index is 10.9. The molecule has 0 spiro atoms. The van der Waals surface area contributed by atoms with Gasteiger partial charge in [0.05, 0.1) is 25.3 Å². The number of halogens is 1. The molecular formula is C13H13ClN4O3S. The molecule has 22 heavy (non-hydrogen) atoms. The van der Waals surface area contributed by atoms with Crippen LogP contribution in [0.1, 0.15) is 4.88 Å². The number of benzene rings is 1. The monoisotopic (exact) mass is 340 g/mol. The lowest BCUT2D eigenvalue weighted by molar-refractivity contribution is 0.171. The number of amides is 1. The van der Waals surface area contributed by atoms with Crippen molar-refractivity contribution >= 4 is 46.1 Å². The molecule has 0 unspecified atom stereocenters. The highest BCUT2D eigenvalue weighted by Gasteiger charge is 2.08. The number of aromatic nitrogens is 1. The fourth-order valence-electron chi connectivity index (χ4n) is 1.43. The number of nitrogens with one attached hydrogen (secondary N) is 2. The number of anilines is 2. The number of methoxy groups -OCH3 is 2. The van der Waals surface area contributed by atoms with Gasteiger partial charge in [0.2, 0.25) is 0 Å². The van der Waals surface area contributed by atoms with E-state index in [1.807, 2.05) is 24.3 Å². The zero-order chi connectivity index (χ0) is 15.9. The first kappa shape index (κ1) is 16.1. The number of ether oxygens (including phenoxy) is 2. The first-order chi connectivity index (χ1) is 10.6. The summed E-state index contributed by atoms with van der Waals surface area (Å²) in [5.74, 6) is 0.768. The van der Waals surface area contributed by atoms with Crippen LogP contribution in [0, 0.1) is 0 Å². The van der Waals surface area contributed by atoms with Crippen molar-refractivity contribution in [2.45, 2.75) is 0 Å². The lowest BCUT2D eigenvalue weighted by atomic mass is 10.3. The van der Waals surface area contributed by atoms with Crippen LogP contribution >= 0.6 is 22.9 Å². The second-order valence-corrected chi connectivity index (χ2v) is 5.28. The Morgan fingerprint density at radius 1 is 1.36 bits per heavy atom. The van der Waals surface area contributed by atoms with Crippen LogP contribution in [-0.4, -0.2) is 31.5 Å². The topological polar surface area (TPSA) is 84.8 Å². The van der Waals surface area contributed by atoms with E-state index in [-0.39, 0.29) is 5.15 Å². The Bertz CT molecular complexity index is 672. The summed E-state index contributed by atoms with van der Waals surface area (Å²) in [5, 5.41) is 7.72. The van der Waals surface area contributed by atoms with Gasteiger partial charge in [-0.15, -0.1) is 0 Å². The average Bonchev–Trinajstić information content (AvgIpc) is 2.87. The summed E-state index contributed by atoms with van der Waals surface area (Å²) in [6.07, 6.45) is 0.740. The third-order valence-corrected chi connectivity index (χ3v) is 3.78. The minimum absolute atomic E-state index is 0.288. The van der Waals surface area contributed by atoms with Crippen LogP contribution in [0.4, 0.5) is 15.6 Å². The molecule has 0 aliphatic rings. The van der Waals surface area contributed by atoms with Crippen LogP contribution in [0.5, 0.6) is 5.75 Å². The van der Waals surface area contributed by atoms with Gasteiger partial charge in [-0.3, -0.25) is 0 Å².